The lowest BCUT2D eigenvalue weighted by Crippen LogP contribution is -2.57. The molecule has 0 aromatic carbocycles. The predicted molar refractivity (Wildman–Crippen MR) is 81.8 cm³/mol. The largest absolute Gasteiger partial charge is 0.339 e. The quantitative estimate of drug-likeness (QED) is 0.793. The summed E-state index contributed by atoms with van der Waals surface area (Å²) in [6.07, 6.45) is 0. The summed E-state index contributed by atoms with van der Waals surface area (Å²) in [4.78, 5) is 19.4. The van der Waals surface area contributed by atoms with Crippen molar-refractivity contribution in [3.05, 3.63) is 0 Å². The van der Waals surface area contributed by atoms with E-state index in [4.69, 9.17) is 0 Å². The fraction of sp³-hybridized carbons (Fsp3) is 0.933. The Morgan fingerprint density at radius 2 is 1.60 bits per heavy atom. The van der Waals surface area contributed by atoms with Crippen LogP contribution in [-0.2, 0) is 4.79 Å². The van der Waals surface area contributed by atoms with Crippen molar-refractivity contribution in [1.29, 1.82) is 0 Å². The van der Waals surface area contributed by atoms with Gasteiger partial charge in [-0.25, -0.2) is 0 Å². The highest BCUT2D eigenvalue weighted by Crippen LogP contribution is 2.10. The zero-order valence-electron chi connectivity index (χ0n) is 13.3. The molecule has 5 nitrogen and oxygen atoms in total. The van der Waals surface area contributed by atoms with Crippen LogP contribution < -0.4 is 5.32 Å². The molecule has 116 valence electrons. The number of piperazine rings is 2. The van der Waals surface area contributed by atoms with E-state index in [-0.39, 0.29) is 6.04 Å². The van der Waals surface area contributed by atoms with Crippen molar-refractivity contribution < 1.29 is 4.79 Å². The summed E-state index contributed by atoms with van der Waals surface area (Å²) in [5, 5.41) is 3.34. The van der Waals surface area contributed by atoms with Crippen LogP contribution in [0.3, 0.4) is 0 Å². The number of carbonyl (C=O) groups excluding carboxylic acids is 1. The van der Waals surface area contributed by atoms with E-state index in [1.54, 1.807) is 0 Å². The minimum absolute atomic E-state index is 0.0359. The maximum absolute atomic E-state index is 12.6. The van der Waals surface area contributed by atoms with Crippen molar-refractivity contribution in [3.8, 4) is 0 Å². The molecule has 2 saturated heterocycles. The van der Waals surface area contributed by atoms with Crippen LogP contribution in [0.25, 0.3) is 0 Å². The first-order valence-electron chi connectivity index (χ1n) is 8.04. The van der Waals surface area contributed by atoms with Crippen LogP contribution in [0.4, 0.5) is 0 Å². The van der Waals surface area contributed by atoms with E-state index >= 15 is 0 Å². The summed E-state index contributed by atoms with van der Waals surface area (Å²) in [7, 11) is 0. The molecule has 0 aliphatic carbocycles. The van der Waals surface area contributed by atoms with Gasteiger partial charge < -0.3 is 10.2 Å². The second-order valence-corrected chi connectivity index (χ2v) is 6.48. The fourth-order valence-electron chi connectivity index (χ4n) is 3.16. The Hall–Kier alpha value is -0.650. The molecule has 2 aliphatic rings. The van der Waals surface area contributed by atoms with Crippen LogP contribution in [-0.4, -0.2) is 85.6 Å². The molecule has 1 unspecified atom stereocenters. The highest BCUT2D eigenvalue weighted by molar-refractivity contribution is 5.81. The molecule has 0 saturated carbocycles. The second kappa shape index (κ2) is 7.38. The lowest BCUT2D eigenvalue weighted by Gasteiger charge is -2.39. The molecule has 1 amide bonds. The first kappa shape index (κ1) is 15.7. The van der Waals surface area contributed by atoms with Crippen molar-refractivity contribution in [2.45, 2.75) is 26.8 Å². The third kappa shape index (κ3) is 4.17. The van der Waals surface area contributed by atoms with Crippen LogP contribution in [0, 0.1) is 5.92 Å². The number of nitrogens with one attached hydrogen (secondary N) is 1. The number of hydrogen-bond acceptors (Lipinski definition) is 4. The smallest absolute Gasteiger partial charge is 0.239 e. The van der Waals surface area contributed by atoms with Gasteiger partial charge in [0.15, 0.2) is 0 Å². The molecule has 1 atom stereocenters. The molecule has 1 N–H and O–H groups in total. The minimum Gasteiger partial charge on any atom is -0.339 e. The topological polar surface area (TPSA) is 38.8 Å². The molecule has 2 heterocycles. The molecule has 0 bridgehead atoms. The van der Waals surface area contributed by atoms with Crippen LogP contribution in [0.2, 0.25) is 0 Å². The van der Waals surface area contributed by atoms with E-state index in [1.807, 2.05) is 0 Å². The Balaban J connectivity index is 1.78. The van der Waals surface area contributed by atoms with Gasteiger partial charge in [0.25, 0.3) is 0 Å². The standard InChI is InChI=1S/C15H30N4O/c1-13(2)12-17-8-10-19(11-9-17)15(20)14(3)18-6-4-16-5-7-18/h13-14,16H,4-12H2,1-3H3. The molecule has 2 aliphatic heterocycles. The summed E-state index contributed by atoms with van der Waals surface area (Å²) in [5.41, 5.74) is 0. The number of rotatable bonds is 4. The van der Waals surface area contributed by atoms with Gasteiger partial charge in [-0.15, -0.1) is 0 Å². The van der Waals surface area contributed by atoms with Crippen molar-refractivity contribution >= 4 is 5.91 Å². The zero-order chi connectivity index (χ0) is 14.5. The van der Waals surface area contributed by atoms with Gasteiger partial charge >= 0.3 is 0 Å². The highest BCUT2D eigenvalue weighted by atomic mass is 16.2. The minimum atomic E-state index is 0.0359. The maximum atomic E-state index is 12.6. The van der Waals surface area contributed by atoms with Crippen LogP contribution in [0.1, 0.15) is 20.8 Å². The molecule has 0 aromatic heterocycles. The van der Waals surface area contributed by atoms with E-state index < -0.39 is 0 Å². The fourth-order valence-corrected chi connectivity index (χ4v) is 3.16. The Kier molecular flexibility index (Phi) is 5.81. The normalized spacial score (nSPS) is 24.1. The van der Waals surface area contributed by atoms with E-state index in [0.717, 1.165) is 58.9 Å². The molecule has 0 spiro atoms. The average Bonchev–Trinajstić information content (AvgIpc) is 2.47. The molecular formula is C15H30N4O. The van der Waals surface area contributed by atoms with Crippen molar-refractivity contribution in [2.24, 2.45) is 5.92 Å². The summed E-state index contributed by atoms with van der Waals surface area (Å²) >= 11 is 0. The van der Waals surface area contributed by atoms with Gasteiger partial charge in [0.05, 0.1) is 6.04 Å². The molecule has 2 rings (SSSR count). The van der Waals surface area contributed by atoms with Crippen molar-refractivity contribution in [3.63, 3.8) is 0 Å². The van der Waals surface area contributed by atoms with Gasteiger partial charge in [0, 0.05) is 58.9 Å². The van der Waals surface area contributed by atoms with Gasteiger partial charge in [-0.2, -0.15) is 0 Å². The summed E-state index contributed by atoms with van der Waals surface area (Å²) in [5.74, 6) is 1.02. The number of hydrogen-bond donors (Lipinski definition) is 1. The van der Waals surface area contributed by atoms with Gasteiger partial charge in [-0.3, -0.25) is 14.6 Å². The first-order chi connectivity index (χ1) is 9.58. The van der Waals surface area contributed by atoms with Gasteiger partial charge in [-0.1, -0.05) is 13.8 Å². The highest BCUT2D eigenvalue weighted by Gasteiger charge is 2.29. The van der Waals surface area contributed by atoms with E-state index in [9.17, 15) is 4.79 Å². The van der Waals surface area contributed by atoms with Gasteiger partial charge in [0.1, 0.15) is 0 Å². The predicted octanol–water partition coefficient (Wildman–Crippen LogP) is 0.0803. The number of carbonyl (C=O) groups is 1. The van der Waals surface area contributed by atoms with E-state index in [2.05, 4.69) is 40.8 Å². The Bertz CT molecular complexity index is 307. The molecule has 2 fully saturated rings. The first-order valence-corrected chi connectivity index (χ1v) is 8.04. The SMILES string of the molecule is CC(C)CN1CCN(C(=O)C(C)N2CCNCC2)CC1. The Morgan fingerprint density at radius 3 is 2.15 bits per heavy atom. The lowest BCUT2D eigenvalue weighted by molar-refractivity contribution is -0.138. The van der Waals surface area contributed by atoms with E-state index in [1.165, 1.54) is 0 Å². The lowest BCUT2D eigenvalue weighted by atomic mass is 10.1. The second-order valence-electron chi connectivity index (χ2n) is 6.48. The zero-order valence-corrected chi connectivity index (χ0v) is 13.3. The molecule has 0 aromatic rings. The molecule has 5 heteroatoms. The Labute approximate surface area is 123 Å². The molecular weight excluding hydrogens is 252 g/mol. The third-order valence-electron chi connectivity index (χ3n) is 4.36. The van der Waals surface area contributed by atoms with Crippen molar-refractivity contribution in [1.82, 2.24) is 20.0 Å². The monoisotopic (exact) mass is 282 g/mol. The Morgan fingerprint density at radius 1 is 1.00 bits per heavy atom. The number of amides is 1. The number of nitrogens with zero attached hydrogens (tertiary/aromatic N) is 3. The third-order valence-corrected chi connectivity index (χ3v) is 4.36. The van der Waals surface area contributed by atoms with Gasteiger partial charge in [-0.05, 0) is 12.8 Å². The van der Waals surface area contributed by atoms with Crippen LogP contribution in [0.5, 0.6) is 0 Å². The van der Waals surface area contributed by atoms with Crippen LogP contribution >= 0.6 is 0 Å². The summed E-state index contributed by atoms with van der Waals surface area (Å²) in [6.45, 7) is 15.5. The van der Waals surface area contributed by atoms with E-state index in [0.29, 0.717) is 11.8 Å². The molecule has 20 heavy (non-hydrogen) atoms. The van der Waals surface area contributed by atoms with Gasteiger partial charge in [0.2, 0.25) is 5.91 Å². The van der Waals surface area contributed by atoms with Crippen LogP contribution in [0.15, 0.2) is 0 Å². The maximum Gasteiger partial charge on any atom is 0.239 e. The summed E-state index contributed by atoms with van der Waals surface area (Å²) < 4.78 is 0. The average molecular weight is 282 g/mol. The molecule has 0 radical (unpaired) electrons. The summed E-state index contributed by atoms with van der Waals surface area (Å²) in [6, 6.07) is 0.0359. The van der Waals surface area contributed by atoms with Crippen molar-refractivity contribution in [2.75, 3.05) is 58.9 Å².